The van der Waals surface area contributed by atoms with Gasteiger partial charge in [-0.25, -0.2) is 5.43 Å². The number of amides is 1. The van der Waals surface area contributed by atoms with Crippen LogP contribution in [0.3, 0.4) is 0 Å². The zero-order valence-electron chi connectivity index (χ0n) is 19.5. The Morgan fingerprint density at radius 1 is 1.15 bits per heavy atom. The summed E-state index contributed by atoms with van der Waals surface area (Å²) < 4.78 is 0. The monoisotopic (exact) mass is 443 g/mol. The van der Waals surface area contributed by atoms with Gasteiger partial charge in [-0.3, -0.25) is 9.78 Å². The summed E-state index contributed by atoms with van der Waals surface area (Å²) in [6.45, 7) is 7.41. The van der Waals surface area contributed by atoms with Crippen molar-refractivity contribution in [2.24, 2.45) is 5.10 Å². The Balaban J connectivity index is 1.58. The van der Waals surface area contributed by atoms with Gasteiger partial charge in [0.25, 0.3) is 5.91 Å². The molecule has 33 heavy (non-hydrogen) atoms. The molecule has 0 unspecified atom stereocenters. The summed E-state index contributed by atoms with van der Waals surface area (Å²) in [5, 5.41) is 12.2. The summed E-state index contributed by atoms with van der Waals surface area (Å²) >= 11 is 0. The number of H-pyrrole nitrogens is 1. The summed E-state index contributed by atoms with van der Waals surface area (Å²) in [7, 11) is 2.10. The van der Waals surface area contributed by atoms with Crippen molar-refractivity contribution in [3.8, 4) is 0 Å². The van der Waals surface area contributed by atoms with E-state index >= 15 is 0 Å². The minimum Gasteiger partial charge on any atom is -0.374 e. The van der Waals surface area contributed by atoms with Gasteiger partial charge in [0, 0.05) is 49.3 Å². The van der Waals surface area contributed by atoms with Crippen molar-refractivity contribution in [2.75, 3.05) is 18.5 Å². The van der Waals surface area contributed by atoms with Crippen molar-refractivity contribution >= 4 is 23.4 Å². The van der Waals surface area contributed by atoms with Crippen LogP contribution < -0.4 is 10.3 Å². The lowest BCUT2D eigenvalue weighted by molar-refractivity contribution is -0.116. The SMILES string of the molecule is Cc1[nH]c(/C=C2/C(=O)NN=C2c2cccnn2)c(C(C)C)c1CCCN(C)c1ccncc1. The molecule has 170 valence electrons. The van der Waals surface area contributed by atoms with Crippen molar-refractivity contribution in [3.05, 3.63) is 76.6 Å². The molecule has 8 heteroatoms. The predicted octanol–water partition coefficient (Wildman–Crippen LogP) is 3.62. The topological polar surface area (TPSA) is 99.2 Å². The van der Waals surface area contributed by atoms with Crippen molar-refractivity contribution in [1.82, 2.24) is 25.6 Å². The number of hydrogen-bond acceptors (Lipinski definition) is 6. The van der Waals surface area contributed by atoms with E-state index in [0.717, 1.165) is 36.5 Å². The Hall–Kier alpha value is -3.81. The van der Waals surface area contributed by atoms with E-state index in [9.17, 15) is 4.79 Å². The Morgan fingerprint density at radius 3 is 2.64 bits per heavy atom. The van der Waals surface area contributed by atoms with Crippen molar-refractivity contribution in [2.45, 2.75) is 39.5 Å². The predicted molar refractivity (Wildman–Crippen MR) is 130 cm³/mol. The lowest BCUT2D eigenvalue weighted by atomic mass is 9.93. The number of aromatic amines is 1. The van der Waals surface area contributed by atoms with Crippen LogP contribution in [0.5, 0.6) is 0 Å². The number of nitrogens with zero attached hydrogens (tertiary/aromatic N) is 5. The molecule has 3 aromatic heterocycles. The average molecular weight is 444 g/mol. The van der Waals surface area contributed by atoms with Gasteiger partial charge in [-0.2, -0.15) is 10.2 Å². The Labute approximate surface area is 193 Å². The van der Waals surface area contributed by atoms with Gasteiger partial charge in [-0.15, -0.1) is 5.10 Å². The maximum atomic E-state index is 12.6. The van der Waals surface area contributed by atoms with Gasteiger partial charge in [0.1, 0.15) is 11.4 Å². The number of rotatable bonds is 8. The molecule has 3 aromatic rings. The van der Waals surface area contributed by atoms with Crippen LogP contribution in [0.25, 0.3) is 6.08 Å². The third kappa shape index (κ3) is 4.84. The fourth-order valence-electron chi connectivity index (χ4n) is 4.26. The van der Waals surface area contributed by atoms with Gasteiger partial charge in [0.15, 0.2) is 0 Å². The highest BCUT2D eigenvalue weighted by Gasteiger charge is 2.27. The minimum atomic E-state index is -0.238. The van der Waals surface area contributed by atoms with E-state index in [1.165, 1.54) is 11.1 Å². The zero-order chi connectivity index (χ0) is 23.4. The maximum Gasteiger partial charge on any atom is 0.273 e. The van der Waals surface area contributed by atoms with Gasteiger partial charge in [0.05, 0.1) is 5.57 Å². The molecule has 0 saturated carbocycles. The fraction of sp³-hybridized carbons (Fsp3) is 0.320. The molecule has 0 fully saturated rings. The van der Waals surface area contributed by atoms with Crippen LogP contribution in [0.2, 0.25) is 0 Å². The molecule has 0 spiro atoms. The summed E-state index contributed by atoms with van der Waals surface area (Å²) in [5.74, 6) is 0.0641. The van der Waals surface area contributed by atoms with E-state index in [-0.39, 0.29) is 5.91 Å². The smallest absolute Gasteiger partial charge is 0.273 e. The normalized spacial score (nSPS) is 14.6. The van der Waals surface area contributed by atoms with E-state index in [2.05, 4.69) is 63.4 Å². The van der Waals surface area contributed by atoms with E-state index in [4.69, 9.17) is 0 Å². The largest absolute Gasteiger partial charge is 0.374 e. The Morgan fingerprint density at radius 2 is 1.94 bits per heavy atom. The average Bonchev–Trinajstić information content (AvgIpc) is 3.34. The van der Waals surface area contributed by atoms with Crippen LogP contribution in [0.1, 0.15) is 54.4 Å². The number of carbonyl (C=O) groups excluding carboxylic acids is 1. The standard InChI is InChI=1S/C25H29N7O/c1-16(2)23-19(7-6-14-32(4)18-9-12-26-13-10-18)17(3)28-22(23)15-20-24(30-31-25(20)33)21-8-5-11-27-29-21/h5,8-13,15-16,28H,6-7,14H2,1-4H3,(H,31,33)/b20-15+. The second-order valence-electron chi connectivity index (χ2n) is 8.51. The van der Waals surface area contributed by atoms with Gasteiger partial charge in [0.2, 0.25) is 0 Å². The lowest BCUT2D eigenvalue weighted by Gasteiger charge is -2.19. The number of anilines is 1. The molecular formula is C25H29N7O. The van der Waals surface area contributed by atoms with E-state index in [0.29, 0.717) is 22.9 Å². The third-order valence-corrected chi connectivity index (χ3v) is 5.86. The number of nitrogens with one attached hydrogen (secondary N) is 2. The number of aromatic nitrogens is 4. The molecular weight excluding hydrogens is 414 g/mol. The molecule has 0 aliphatic carbocycles. The molecule has 1 aliphatic rings. The molecule has 8 nitrogen and oxygen atoms in total. The summed E-state index contributed by atoms with van der Waals surface area (Å²) in [5.41, 5.74) is 9.92. The summed E-state index contributed by atoms with van der Waals surface area (Å²) in [4.78, 5) is 22.4. The summed E-state index contributed by atoms with van der Waals surface area (Å²) in [6.07, 6.45) is 9.09. The second-order valence-corrected chi connectivity index (χ2v) is 8.51. The zero-order valence-corrected chi connectivity index (χ0v) is 19.5. The first-order valence-corrected chi connectivity index (χ1v) is 11.2. The first-order chi connectivity index (χ1) is 16.0. The minimum absolute atomic E-state index is 0.238. The molecule has 4 heterocycles. The molecule has 1 aliphatic heterocycles. The molecule has 0 saturated heterocycles. The van der Waals surface area contributed by atoms with Gasteiger partial charge >= 0.3 is 0 Å². The van der Waals surface area contributed by atoms with E-state index in [1.807, 2.05) is 30.6 Å². The van der Waals surface area contributed by atoms with Crippen LogP contribution in [-0.2, 0) is 11.2 Å². The van der Waals surface area contributed by atoms with Gasteiger partial charge in [-0.05, 0) is 67.2 Å². The van der Waals surface area contributed by atoms with E-state index < -0.39 is 0 Å². The first-order valence-electron chi connectivity index (χ1n) is 11.2. The third-order valence-electron chi connectivity index (χ3n) is 5.86. The molecule has 1 amide bonds. The highest BCUT2D eigenvalue weighted by Crippen LogP contribution is 2.30. The van der Waals surface area contributed by atoms with Gasteiger partial charge < -0.3 is 9.88 Å². The Kier molecular flexibility index (Phi) is 6.63. The Bertz CT molecular complexity index is 1180. The number of aryl methyl sites for hydroxylation is 1. The molecule has 0 aromatic carbocycles. The highest BCUT2D eigenvalue weighted by atomic mass is 16.2. The number of carbonyl (C=O) groups is 1. The number of pyridine rings is 1. The van der Waals surface area contributed by atoms with Crippen molar-refractivity contribution in [1.29, 1.82) is 0 Å². The molecule has 0 bridgehead atoms. The fourth-order valence-corrected chi connectivity index (χ4v) is 4.26. The van der Waals surface area contributed by atoms with Crippen LogP contribution in [-0.4, -0.2) is 45.4 Å². The highest BCUT2D eigenvalue weighted by molar-refractivity contribution is 6.32. The van der Waals surface area contributed by atoms with Gasteiger partial charge in [-0.1, -0.05) is 13.8 Å². The molecule has 0 radical (unpaired) electrons. The second kappa shape index (κ2) is 9.77. The van der Waals surface area contributed by atoms with Crippen LogP contribution in [0.4, 0.5) is 5.69 Å². The van der Waals surface area contributed by atoms with Crippen LogP contribution in [0.15, 0.2) is 53.5 Å². The molecule has 2 N–H and O–H groups in total. The van der Waals surface area contributed by atoms with Crippen LogP contribution in [0, 0.1) is 6.92 Å². The first kappa shape index (κ1) is 22.4. The summed E-state index contributed by atoms with van der Waals surface area (Å²) in [6, 6.07) is 7.63. The maximum absolute atomic E-state index is 12.6. The number of hydrogen-bond donors (Lipinski definition) is 2. The van der Waals surface area contributed by atoms with Crippen LogP contribution >= 0.6 is 0 Å². The quantitative estimate of drug-likeness (QED) is 0.518. The van der Waals surface area contributed by atoms with E-state index in [1.54, 1.807) is 18.3 Å². The lowest BCUT2D eigenvalue weighted by Crippen LogP contribution is -2.19. The van der Waals surface area contributed by atoms with Crippen molar-refractivity contribution < 1.29 is 4.79 Å². The molecule has 0 atom stereocenters. The van der Waals surface area contributed by atoms with Crippen molar-refractivity contribution in [3.63, 3.8) is 0 Å². The molecule has 4 rings (SSSR count). The number of hydrazone groups is 1.